The van der Waals surface area contributed by atoms with Crippen molar-refractivity contribution < 1.29 is 5.11 Å². The highest BCUT2D eigenvalue weighted by Crippen LogP contribution is 2.24. The molecule has 0 bridgehead atoms. The molecule has 1 nitrogen and oxygen atoms in total. The van der Waals surface area contributed by atoms with Gasteiger partial charge in [-0.2, -0.15) is 0 Å². The summed E-state index contributed by atoms with van der Waals surface area (Å²) < 4.78 is 0. The summed E-state index contributed by atoms with van der Waals surface area (Å²) in [5.41, 5.74) is 1.07. The molecule has 0 aromatic heterocycles. The molecule has 1 fully saturated rings. The fourth-order valence-electron chi connectivity index (χ4n) is 1.35. The van der Waals surface area contributed by atoms with E-state index in [1.165, 1.54) is 19.3 Å². The molecule has 0 amide bonds. The summed E-state index contributed by atoms with van der Waals surface area (Å²) in [4.78, 5) is 0. The lowest BCUT2D eigenvalue weighted by atomic mass is 9.94. The van der Waals surface area contributed by atoms with E-state index < -0.39 is 0 Å². The van der Waals surface area contributed by atoms with Crippen LogP contribution in [0.5, 0.6) is 0 Å². The maximum absolute atomic E-state index is 9.30. The molecule has 11 heavy (non-hydrogen) atoms. The lowest BCUT2D eigenvalue weighted by molar-refractivity contribution is 0.416. The molecule has 0 unspecified atom stereocenters. The van der Waals surface area contributed by atoms with Crippen LogP contribution in [0.1, 0.15) is 32.1 Å². The zero-order valence-electron chi connectivity index (χ0n) is 6.36. The molecule has 0 aliphatic heterocycles. The zero-order chi connectivity index (χ0) is 8.10. The largest absolute Gasteiger partial charge is 0.501 e. The molecular weight excluding hydrogens is 160 g/mol. The maximum Gasteiger partial charge on any atom is 0.167 e. The van der Waals surface area contributed by atoms with Crippen molar-refractivity contribution in [3.63, 3.8) is 0 Å². The zero-order valence-corrected chi connectivity index (χ0v) is 7.12. The highest BCUT2D eigenvalue weighted by Gasteiger charge is 2.08. The topological polar surface area (TPSA) is 20.2 Å². The van der Waals surface area contributed by atoms with Crippen LogP contribution in [0, 0.1) is 11.3 Å². The van der Waals surface area contributed by atoms with E-state index >= 15 is 0 Å². The second-order valence-electron chi connectivity index (χ2n) is 2.73. The minimum absolute atomic E-state index is 0.194. The highest BCUT2D eigenvalue weighted by molar-refractivity contribution is 6.30. The summed E-state index contributed by atoms with van der Waals surface area (Å²) in [5, 5.41) is 11.5. The van der Waals surface area contributed by atoms with E-state index in [4.69, 9.17) is 11.6 Å². The van der Waals surface area contributed by atoms with Gasteiger partial charge in [0.25, 0.3) is 0 Å². The van der Waals surface area contributed by atoms with Crippen molar-refractivity contribution in [1.29, 1.82) is 0 Å². The minimum atomic E-state index is 0.194. The van der Waals surface area contributed by atoms with Crippen LogP contribution in [0.25, 0.3) is 0 Å². The van der Waals surface area contributed by atoms with Gasteiger partial charge in [-0.3, -0.25) is 0 Å². The number of hydrogen-bond donors (Lipinski definition) is 1. The van der Waals surface area contributed by atoms with Gasteiger partial charge in [0.05, 0.1) is 0 Å². The van der Waals surface area contributed by atoms with Gasteiger partial charge in [0, 0.05) is 5.38 Å². The van der Waals surface area contributed by atoms with Crippen molar-refractivity contribution in [2.24, 2.45) is 0 Å². The van der Waals surface area contributed by atoms with Crippen molar-refractivity contribution in [2.75, 3.05) is 0 Å². The quantitative estimate of drug-likeness (QED) is 0.438. The van der Waals surface area contributed by atoms with Crippen molar-refractivity contribution in [1.82, 2.24) is 0 Å². The Balaban J connectivity index is 2.65. The Hall–Kier alpha value is -0.610. The smallest absolute Gasteiger partial charge is 0.167 e. The van der Waals surface area contributed by atoms with Crippen LogP contribution in [0.2, 0.25) is 0 Å². The van der Waals surface area contributed by atoms with Crippen LogP contribution < -0.4 is 0 Å². The van der Waals surface area contributed by atoms with E-state index in [2.05, 4.69) is 11.3 Å². The van der Waals surface area contributed by atoms with E-state index in [9.17, 15) is 5.11 Å². The van der Waals surface area contributed by atoms with Gasteiger partial charge in [-0.25, -0.2) is 0 Å². The van der Waals surface area contributed by atoms with E-state index in [1.54, 1.807) is 0 Å². The highest BCUT2D eigenvalue weighted by atomic mass is 35.5. The normalized spacial score (nSPS) is 17.0. The molecule has 0 heterocycles. The van der Waals surface area contributed by atoms with Gasteiger partial charge in [0.15, 0.2) is 5.76 Å². The average Bonchev–Trinajstić information content (AvgIpc) is 2.07. The Morgan fingerprint density at radius 1 is 1.27 bits per heavy atom. The van der Waals surface area contributed by atoms with Gasteiger partial charge < -0.3 is 5.11 Å². The molecule has 1 rings (SSSR count). The molecule has 0 saturated heterocycles. The second-order valence-corrected chi connectivity index (χ2v) is 2.92. The predicted molar refractivity (Wildman–Crippen MR) is 46.4 cm³/mol. The summed E-state index contributed by atoms with van der Waals surface area (Å²) in [6, 6.07) is 0. The summed E-state index contributed by atoms with van der Waals surface area (Å²) in [6.07, 6.45) is 5.58. The summed E-state index contributed by atoms with van der Waals surface area (Å²) in [7, 11) is 0. The number of rotatable bonds is 0. The first-order valence-electron chi connectivity index (χ1n) is 3.87. The standard InChI is InChI=1S/C9H11ClO/c10-7-6-9(11)8-4-2-1-3-5-8/h11H,1-5H2. The Labute approximate surface area is 72.1 Å². The lowest BCUT2D eigenvalue weighted by Gasteiger charge is -2.12. The second kappa shape index (κ2) is 4.31. The third kappa shape index (κ3) is 2.48. The minimum Gasteiger partial charge on any atom is -0.501 e. The van der Waals surface area contributed by atoms with Gasteiger partial charge >= 0.3 is 0 Å². The van der Waals surface area contributed by atoms with Crippen LogP contribution in [0.4, 0.5) is 0 Å². The molecule has 1 saturated carbocycles. The van der Waals surface area contributed by atoms with E-state index in [1.807, 2.05) is 0 Å². The Kier molecular flexibility index (Phi) is 3.32. The Bertz CT molecular complexity index is 211. The Morgan fingerprint density at radius 2 is 1.91 bits per heavy atom. The molecule has 2 heteroatoms. The molecule has 0 radical (unpaired) electrons. The molecule has 0 atom stereocenters. The molecule has 1 N–H and O–H groups in total. The van der Waals surface area contributed by atoms with Crippen LogP contribution in [0.3, 0.4) is 0 Å². The van der Waals surface area contributed by atoms with E-state index in [0.717, 1.165) is 18.4 Å². The first kappa shape index (κ1) is 8.49. The van der Waals surface area contributed by atoms with Gasteiger partial charge in [-0.1, -0.05) is 6.42 Å². The molecule has 1 aliphatic rings. The van der Waals surface area contributed by atoms with Gasteiger partial charge in [0.1, 0.15) is 0 Å². The van der Waals surface area contributed by atoms with Gasteiger partial charge in [-0.15, -0.1) is 0 Å². The van der Waals surface area contributed by atoms with Gasteiger partial charge in [0.2, 0.25) is 0 Å². The maximum atomic E-state index is 9.30. The third-order valence-corrected chi connectivity index (χ3v) is 2.05. The number of aliphatic hydroxyl groups excluding tert-OH is 1. The molecule has 0 aromatic carbocycles. The number of aliphatic hydroxyl groups is 1. The predicted octanol–water partition coefficient (Wildman–Crippen LogP) is 2.96. The van der Waals surface area contributed by atoms with Gasteiger partial charge in [-0.05, 0) is 48.8 Å². The third-order valence-electron chi connectivity index (χ3n) is 1.96. The van der Waals surface area contributed by atoms with Crippen LogP contribution in [-0.4, -0.2) is 5.11 Å². The fraction of sp³-hybridized carbons (Fsp3) is 0.556. The van der Waals surface area contributed by atoms with Crippen molar-refractivity contribution in [3.8, 4) is 11.3 Å². The first-order valence-corrected chi connectivity index (χ1v) is 4.25. The van der Waals surface area contributed by atoms with Crippen molar-refractivity contribution in [3.05, 3.63) is 11.3 Å². The van der Waals surface area contributed by atoms with Crippen molar-refractivity contribution in [2.45, 2.75) is 32.1 Å². The average molecular weight is 171 g/mol. The van der Waals surface area contributed by atoms with Crippen molar-refractivity contribution >= 4 is 11.6 Å². The number of halogens is 1. The summed E-state index contributed by atoms with van der Waals surface area (Å²) >= 11 is 5.16. The fourth-order valence-corrected chi connectivity index (χ4v) is 1.44. The molecule has 0 spiro atoms. The van der Waals surface area contributed by atoms with Crippen LogP contribution in [-0.2, 0) is 0 Å². The summed E-state index contributed by atoms with van der Waals surface area (Å²) in [5.74, 6) is 2.66. The molecule has 0 aromatic rings. The first-order chi connectivity index (χ1) is 5.34. The number of hydrogen-bond acceptors (Lipinski definition) is 1. The molecule has 1 aliphatic carbocycles. The van der Waals surface area contributed by atoms with Crippen LogP contribution in [0.15, 0.2) is 11.3 Å². The molecule has 60 valence electrons. The van der Waals surface area contributed by atoms with Crippen LogP contribution >= 0.6 is 11.6 Å². The van der Waals surface area contributed by atoms with E-state index in [-0.39, 0.29) is 5.76 Å². The SMILES string of the molecule is OC(C#CCl)=C1CCCCC1. The molecular formula is C9H11ClO. The Morgan fingerprint density at radius 3 is 2.45 bits per heavy atom. The lowest BCUT2D eigenvalue weighted by Crippen LogP contribution is -1.97. The monoisotopic (exact) mass is 170 g/mol. The number of allylic oxidation sites excluding steroid dienone is 2. The summed E-state index contributed by atoms with van der Waals surface area (Å²) in [6.45, 7) is 0. The van der Waals surface area contributed by atoms with E-state index in [0.29, 0.717) is 0 Å².